The van der Waals surface area contributed by atoms with Crippen molar-refractivity contribution >= 4 is 5.78 Å². The van der Waals surface area contributed by atoms with Crippen molar-refractivity contribution in [2.45, 2.75) is 26.4 Å². The van der Waals surface area contributed by atoms with E-state index in [1.54, 1.807) is 0 Å². The number of hydrogen-bond donors (Lipinski definition) is 0. The first kappa shape index (κ1) is 14.9. The fourth-order valence-corrected chi connectivity index (χ4v) is 1.62. The molecular formula is C15H23NO2. The van der Waals surface area contributed by atoms with Crippen LogP contribution in [0.25, 0.3) is 0 Å². The van der Waals surface area contributed by atoms with Crippen LogP contribution in [-0.2, 0) is 4.74 Å². The molecule has 0 saturated carbocycles. The number of likely N-dealkylation sites (N-methyl/N-ethyl adjacent to an activating group) is 1. The Bertz CT molecular complexity index is 349. The van der Waals surface area contributed by atoms with Gasteiger partial charge in [-0.15, -0.1) is 0 Å². The molecule has 0 radical (unpaired) electrons. The summed E-state index contributed by atoms with van der Waals surface area (Å²) in [6, 6.07) is 9.45. The first-order valence-corrected chi connectivity index (χ1v) is 6.48. The van der Waals surface area contributed by atoms with E-state index in [9.17, 15) is 4.79 Å². The summed E-state index contributed by atoms with van der Waals surface area (Å²) >= 11 is 0. The number of ketones is 1. The minimum absolute atomic E-state index is 0.201. The van der Waals surface area contributed by atoms with Gasteiger partial charge in [-0.05, 0) is 20.9 Å². The number of Topliss-reactive ketones (excluding diaryl/α,β-unsaturated/α-hetero) is 1. The number of benzene rings is 1. The third-order valence-electron chi connectivity index (χ3n) is 2.74. The van der Waals surface area contributed by atoms with Crippen molar-refractivity contribution in [3.8, 4) is 0 Å². The lowest BCUT2D eigenvalue weighted by molar-refractivity contribution is 0.0629. The largest absolute Gasteiger partial charge is 0.377 e. The van der Waals surface area contributed by atoms with Crippen LogP contribution in [0.3, 0.4) is 0 Å². The lowest BCUT2D eigenvalue weighted by atomic mass is 10.1. The van der Waals surface area contributed by atoms with Gasteiger partial charge in [0.05, 0.1) is 12.7 Å². The van der Waals surface area contributed by atoms with Gasteiger partial charge in [0.2, 0.25) is 0 Å². The van der Waals surface area contributed by atoms with Gasteiger partial charge in [-0.25, -0.2) is 0 Å². The van der Waals surface area contributed by atoms with Crippen LogP contribution >= 0.6 is 0 Å². The summed E-state index contributed by atoms with van der Waals surface area (Å²) in [5.74, 6) is 0.201. The molecule has 1 aromatic carbocycles. The van der Waals surface area contributed by atoms with Crippen molar-refractivity contribution in [2.75, 3.05) is 26.7 Å². The van der Waals surface area contributed by atoms with Crippen LogP contribution in [0.2, 0.25) is 0 Å². The number of ether oxygens (including phenoxy) is 1. The summed E-state index contributed by atoms with van der Waals surface area (Å²) in [7, 11) is 2.02. The maximum Gasteiger partial charge on any atom is 0.164 e. The van der Waals surface area contributed by atoms with Gasteiger partial charge >= 0.3 is 0 Å². The molecule has 3 heteroatoms. The molecule has 0 unspecified atom stereocenters. The molecule has 0 bridgehead atoms. The Morgan fingerprint density at radius 3 is 2.50 bits per heavy atom. The quantitative estimate of drug-likeness (QED) is 0.663. The van der Waals surface area contributed by atoms with E-state index >= 15 is 0 Å². The maximum absolute atomic E-state index is 11.9. The topological polar surface area (TPSA) is 29.5 Å². The second-order valence-electron chi connectivity index (χ2n) is 4.76. The van der Waals surface area contributed by atoms with Crippen LogP contribution in [0.15, 0.2) is 30.3 Å². The Balaban J connectivity index is 2.22. The second kappa shape index (κ2) is 8.01. The molecule has 0 heterocycles. The van der Waals surface area contributed by atoms with E-state index in [4.69, 9.17) is 4.74 Å². The SMILES string of the molecule is CC(C)OCCN(C)CCC(=O)c1ccccc1. The van der Waals surface area contributed by atoms with Crippen LogP contribution in [0, 0.1) is 0 Å². The highest BCUT2D eigenvalue weighted by atomic mass is 16.5. The van der Waals surface area contributed by atoms with Crippen LogP contribution in [0.1, 0.15) is 30.6 Å². The van der Waals surface area contributed by atoms with Crippen LogP contribution in [-0.4, -0.2) is 43.5 Å². The minimum atomic E-state index is 0.201. The molecule has 18 heavy (non-hydrogen) atoms. The molecular weight excluding hydrogens is 226 g/mol. The fourth-order valence-electron chi connectivity index (χ4n) is 1.62. The Labute approximate surface area is 110 Å². The van der Waals surface area contributed by atoms with Crippen molar-refractivity contribution < 1.29 is 9.53 Å². The highest BCUT2D eigenvalue weighted by molar-refractivity contribution is 5.96. The second-order valence-corrected chi connectivity index (χ2v) is 4.76. The molecule has 0 fully saturated rings. The summed E-state index contributed by atoms with van der Waals surface area (Å²) in [6.45, 7) is 6.40. The molecule has 1 rings (SSSR count). The highest BCUT2D eigenvalue weighted by Crippen LogP contribution is 2.03. The van der Waals surface area contributed by atoms with Crippen LogP contribution in [0.4, 0.5) is 0 Å². The fraction of sp³-hybridized carbons (Fsp3) is 0.533. The number of carbonyl (C=O) groups excluding carboxylic acids is 1. The third kappa shape index (κ3) is 5.94. The van der Waals surface area contributed by atoms with Gasteiger partial charge in [0.1, 0.15) is 0 Å². The highest BCUT2D eigenvalue weighted by Gasteiger charge is 2.07. The first-order chi connectivity index (χ1) is 8.59. The van der Waals surface area contributed by atoms with E-state index in [-0.39, 0.29) is 11.9 Å². The molecule has 0 amide bonds. The van der Waals surface area contributed by atoms with Crippen molar-refractivity contribution in [3.63, 3.8) is 0 Å². The summed E-state index contributed by atoms with van der Waals surface area (Å²) in [5.41, 5.74) is 0.796. The Morgan fingerprint density at radius 1 is 1.22 bits per heavy atom. The van der Waals surface area contributed by atoms with Gasteiger partial charge < -0.3 is 9.64 Å². The van der Waals surface area contributed by atoms with Crippen molar-refractivity contribution in [3.05, 3.63) is 35.9 Å². The zero-order valence-electron chi connectivity index (χ0n) is 11.6. The first-order valence-electron chi connectivity index (χ1n) is 6.48. The van der Waals surface area contributed by atoms with E-state index in [0.717, 1.165) is 18.7 Å². The predicted molar refractivity (Wildman–Crippen MR) is 74.0 cm³/mol. The zero-order valence-corrected chi connectivity index (χ0v) is 11.6. The number of rotatable bonds is 8. The summed E-state index contributed by atoms with van der Waals surface area (Å²) in [5, 5.41) is 0. The number of carbonyl (C=O) groups is 1. The van der Waals surface area contributed by atoms with Gasteiger partial charge in [-0.3, -0.25) is 4.79 Å². The molecule has 100 valence electrons. The van der Waals surface area contributed by atoms with E-state index in [2.05, 4.69) is 4.90 Å². The lowest BCUT2D eigenvalue weighted by Gasteiger charge is -2.17. The molecule has 0 aliphatic rings. The lowest BCUT2D eigenvalue weighted by Crippen LogP contribution is -2.26. The standard InChI is InChI=1S/C15H23NO2/c1-13(2)18-12-11-16(3)10-9-15(17)14-7-5-4-6-8-14/h4-8,13H,9-12H2,1-3H3. The van der Waals surface area contributed by atoms with Crippen LogP contribution < -0.4 is 0 Å². The number of nitrogens with zero attached hydrogens (tertiary/aromatic N) is 1. The normalized spacial score (nSPS) is 11.2. The number of hydrogen-bond acceptors (Lipinski definition) is 3. The predicted octanol–water partition coefficient (Wildman–Crippen LogP) is 2.62. The molecule has 0 aliphatic carbocycles. The smallest absolute Gasteiger partial charge is 0.164 e. The van der Waals surface area contributed by atoms with Crippen molar-refractivity contribution in [2.24, 2.45) is 0 Å². The Morgan fingerprint density at radius 2 is 1.89 bits per heavy atom. The average molecular weight is 249 g/mol. The summed E-state index contributed by atoms with van der Waals surface area (Å²) in [4.78, 5) is 14.0. The molecule has 0 atom stereocenters. The van der Waals surface area contributed by atoms with Gasteiger partial charge in [-0.2, -0.15) is 0 Å². The van der Waals surface area contributed by atoms with E-state index in [1.807, 2.05) is 51.2 Å². The van der Waals surface area contributed by atoms with Crippen molar-refractivity contribution in [1.29, 1.82) is 0 Å². The van der Waals surface area contributed by atoms with Crippen LogP contribution in [0.5, 0.6) is 0 Å². The monoisotopic (exact) mass is 249 g/mol. The van der Waals surface area contributed by atoms with Crippen molar-refractivity contribution in [1.82, 2.24) is 4.90 Å². The molecule has 3 nitrogen and oxygen atoms in total. The van der Waals surface area contributed by atoms with E-state index in [1.165, 1.54) is 0 Å². The van der Waals surface area contributed by atoms with Gasteiger partial charge in [0.15, 0.2) is 5.78 Å². The minimum Gasteiger partial charge on any atom is -0.377 e. The Kier molecular flexibility index (Phi) is 6.61. The van der Waals surface area contributed by atoms with Gasteiger partial charge in [0.25, 0.3) is 0 Å². The van der Waals surface area contributed by atoms with Gasteiger partial charge in [-0.1, -0.05) is 30.3 Å². The van der Waals surface area contributed by atoms with E-state index < -0.39 is 0 Å². The third-order valence-corrected chi connectivity index (χ3v) is 2.74. The zero-order chi connectivity index (χ0) is 13.4. The molecule has 0 saturated heterocycles. The molecule has 0 aromatic heterocycles. The molecule has 0 aliphatic heterocycles. The Hall–Kier alpha value is -1.19. The van der Waals surface area contributed by atoms with Gasteiger partial charge in [0, 0.05) is 25.1 Å². The summed E-state index contributed by atoms with van der Waals surface area (Å²) in [6.07, 6.45) is 0.826. The summed E-state index contributed by atoms with van der Waals surface area (Å²) < 4.78 is 5.48. The average Bonchev–Trinajstić information content (AvgIpc) is 2.36. The maximum atomic E-state index is 11.9. The molecule has 0 N–H and O–H groups in total. The molecule has 1 aromatic rings. The molecule has 0 spiro atoms. The van der Waals surface area contributed by atoms with E-state index in [0.29, 0.717) is 13.0 Å².